The summed E-state index contributed by atoms with van der Waals surface area (Å²) in [5.41, 5.74) is 0.717. The van der Waals surface area contributed by atoms with E-state index < -0.39 is 23.7 Å². The molecule has 2 atom stereocenters. The fourth-order valence-corrected chi connectivity index (χ4v) is 2.42. The predicted molar refractivity (Wildman–Crippen MR) is 101 cm³/mol. The fourth-order valence-electron chi connectivity index (χ4n) is 2.42. The number of aryl methyl sites for hydroxylation is 1. The van der Waals surface area contributed by atoms with E-state index in [1.165, 1.54) is 12.7 Å². The Labute approximate surface area is 155 Å². The first-order valence-corrected chi connectivity index (χ1v) is 8.79. The summed E-state index contributed by atoms with van der Waals surface area (Å²) in [4.78, 5) is 23.7. The van der Waals surface area contributed by atoms with Crippen molar-refractivity contribution in [2.24, 2.45) is 5.41 Å². The van der Waals surface area contributed by atoms with E-state index in [1.54, 1.807) is 0 Å². The topological polar surface area (TPSA) is 99.7 Å². The molecule has 0 spiro atoms. The quantitative estimate of drug-likeness (QED) is 0.392. The van der Waals surface area contributed by atoms with Gasteiger partial charge in [-0.15, -0.1) is 0 Å². The lowest BCUT2D eigenvalue weighted by Crippen LogP contribution is -2.55. The highest BCUT2D eigenvalue weighted by molar-refractivity contribution is 5.86. The van der Waals surface area contributed by atoms with Gasteiger partial charge in [0.25, 0.3) is 0 Å². The predicted octanol–water partition coefficient (Wildman–Crippen LogP) is 1.41. The number of nitrogens with one attached hydrogen (secondary N) is 3. The van der Waals surface area contributed by atoms with E-state index in [-0.39, 0.29) is 12.6 Å². The lowest BCUT2D eigenvalue weighted by molar-refractivity contribution is -0.125. The van der Waals surface area contributed by atoms with Crippen LogP contribution < -0.4 is 16.0 Å². The maximum absolute atomic E-state index is 12.3. The zero-order valence-corrected chi connectivity index (χ0v) is 16.0. The van der Waals surface area contributed by atoms with Gasteiger partial charge in [0.1, 0.15) is 6.04 Å². The standard InChI is InChI=1S/C19H31N3O4/c1-19(2,3)16(22-18(25)26-4)17(24)21-13-20-12-15(23)11-10-14-8-6-5-7-9-14/h5-9,15-16,20,23H,10-13H2,1-4H3,(H,21,24)(H,22,25)/t15-,16+/m0/s1. The van der Waals surface area contributed by atoms with Crippen LogP contribution in [-0.4, -0.2) is 49.6 Å². The zero-order valence-electron chi connectivity index (χ0n) is 16.0. The molecule has 1 rings (SSSR count). The van der Waals surface area contributed by atoms with Gasteiger partial charge in [-0.25, -0.2) is 4.79 Å². The third-order valence-corrected chi connectivity index (χ3v) is 3.95. The summed E-state index contributed by atoms with van der Waals surface area (Å²) in [5, 5.41) is 18.3. The lowest BCUT2D eigenvalue weighted by atomic mass is 9.86. The van der Waals surface area contributed by atoms with Crippen molar-refractivity contribution in [3.63, 3.8) is 0 Å². The van der Waals surface area contributed by atoms with Gasteiger partial charge >= 0.3 is 6.09 Å². The molecular formula is C19H31N3O4. The Balaban J connectivity index is 2.31. The molecule has 1 aromatic carbocycles. The summed E-state index contributed by atoms with van der Waals surface area (Å²) in [6.07, 6.45) is 0.285. The number of rotatable bonds is 9. The number of aliphatic hydroxyl groups is 1. The van der Waals surface area contributed by atoms with E-state index in [9.17, 15) is 14.7 Å². The summed E-state index contributed by atoms with van der Waals surface area (Å²) in [6.45, 7) is 6.14. The second-order valence-electron chi connectivity index (χ2n) is 7.28. The Morgan fingerprint density at radius 2 is 1.85 bits per heavy atom. The van der Waals surface area contributed by atoms with Gasteiger partial charge in [-0.05, 0) is 23.8 Å². The average molecular weight is 365 g/mol. The molecule has 7 nitrogen and oxygen atoms in total. The summed E-state index contributed by atoms with van der Waals surface area (Å²) in [7, 11) is 1.26. The van der Waals surface area contributed by atoms with Crippen molar-refractivity contribution in [2.45, 2.75) is 45.8 Å². The molecule has 0 aliphatic carbocycles. The zero-order chi connectivity index (χ0) is 19.6. The molecule has 7 heteroatoms. The van der Waals surface area contributed by atoms with E-state index in [4.69, 9.17) is 0 Å². The van der Waals surface area contributed by atoms with Crippen LogP contribution in [0.3, 0.4) is 0 Å². The van der Waals surface area contributed by atoms with Gasteiger partial charge in [0.05, 0.1) is 19.9 Å². The van der Waals surface area contributed by atoms with Crippen LogP contribution in [0, 0.1) is 5.41 Å². The molecular weight excluding hydrogens is 334 g/mol. The molecule has 0 heterocycles. The minimum absolute atomic E-state index is 0.205. The van der Waals surface area contributed by atoms with Crippen molar-refractivity contribution >= 4 is 12.0 Å². The van der Waals surface area contributed by atoms with Crippen LogP contribution in [0.2, 0.25) is 0 Å². The number of aliphatic hydroxyl groups excluding tert-OH is 1. The van der Waals surface area contributed by atoms with Gasteiger partial charge in [0.2, 0.25) is 5.91 Å². The van der Waals surface area contributed by atoms with Crippen molar-refractivity contribution in [3.05, 3.63) is 35.9 Å². The first kappa shape index (κ1) is 21.9. The molecule has 0 radical (unpaired) electrons. The van der Waals surface area contributed by atoms with Gasteiger partial charge in [-0.3, -0.25) is 10.1 Å². The highest BCUT2D eigenvalue weighted by Crippen LogP contribution is 2.19. The van der Waals surface area contributed by atoms with Crippen LogP contribution in [0.4, 0.5) is 4.79 Å². The summed E-state index contributed by atoms with van der Waals surface area (Å²) >= 11 is 0. The van der Waals surface area contributed by atoms with Crippen LogP contribution in [0.5, 0.6) is 0 Å². The number of benzene rings is 1. The van der Waals surface area contributed by atoms with Crippen LogP contribution in [0.1, 0.15) is 32.8 Å². The molecule has 0 aromatic heterocycles. The van der Waals surface area contributed by atoms with E-state index in [0.717, 1.165) is 6.42 Å². The van der Waals surface area contributed by atoms with Gasteiger partial charge in [-0.2, -0.15) is 0 Å². The van der Waals surface area contributed by atoms with Crippen molar-refractivity contribution < 1.29 is 19.4 Å². The molecule has 0 unspecified atom stereocenters. The minimum Gasteiger partial charge on any atom is -0.453 e. The summed E-state index contributed by atoms with van der Waals surface area (Å²) in [5.74, 6) is -0.311. The molecule has 0 aliphatic rings. The monoisotopic (exact) mass is 365 g/mol. The molecule has 1 aromatic rings. The number of ether oxygens (including phenoxy) is 1. The maximum Gasteiger partial charge on any atom is 0.407 e. The Morgan fingerprint density at radius 1 is 1.19 bits per heavy atom. The van der Waals surface area contributed by atoms with Gasteiger partial charge < -0.3 is 20.5 Å². The lowest BCUT2D eigenvalue weighted by Gasteiger charge is -2.29. The molecule has 0 aliphatic heterocycles. The number of carbonyl (C=O) groups is 2. The third kappa shape index (κ3) is 8.31. The SMILES string of the molecule is COC(=O)N[C@H](C(=O)NCNC[C@@H](O)CCc1ccccc1)C(C)(C)C. The number of carbonyl (C=O) groups excluding carboxylic acids is 2. The number of hydrogen-bond acceptors (Lipinski definition) is 5. The van der Waals surface area contributed by atoms with E-state index in [2.05, 4.69) is 20.7 Å². The molecule has 0 bridgehead atoms. The van der Waals surface area contributed by atoms with Gasteiger partial charge in [0, 0.05) is 6.54 Å². The van der Waals surface area contributed by atoms with E-state index in [0.29, 0.717) is 13.0 Å². The summed E-state index contributed by atoms with van der Waals surface area (Å²) < 4.78 is 4.57. The van der Waals surface area contributed by atoms with E-state index >= 15 is 0 Å². The van der Waals surface area contributed by atoms with E-state index in [1.807, 2.05) is 51.1 Å². The number of methoxy groups -OCH3 is 1. The molecule has 4 N–H and O–H groups in total. The maximum atomic E-state index is 12.3. The highest BCUT2D eigenvalue weighted by atomic mass is 16.5. The number of amides is 2. The number of alkyl carbamates (subject to hydrolysis) is 1. The average Bonchev–Trinajstić information content (AvgIpc) is 2.61. The second-order valence-corrected chi connectivity index (χ2v) is 7.28. The van der Waals surface area contributed by atoms with Crippen LogP contribution in [-0.2, 0) is 16.0 Å². The largest absolute Gasteiger partial charge is 0.453 e. The molecule has 0 fully saturated rings. The van der Waals surface area contributed by atoms with Crippen LogP contribution in [0.25, 0.3) is 0 Å². The number of hydrogen-bond donors (Lipinski definition) is 4. The smallest absolute Gasteiger partial charge is 0.407 e. The first-order valence-electron chi connectivity index (χ1n) is 8.79. The fraction of sp³-hybridized carbons (Fsp3) is 0.579. The van der Waals surface area contributed by atoms with Crippen molar-refractivity contribution in [1.82, 2.24) is 16.0 Å². The molecule has 146 valence electrons. The first-order chi connectivity index (χ1) is 12.2. The van der Waals surface area contributed by atoms with Crippen molar-refractivity contribution in [1.29, 1.82) is 0 Å². The normalized spacial score (nSPS) is 13.6. The Morgan fingerprint density at radius 3 is 2.42 bits per heavy atom. The Hall–Kier alpha value is -2.12. The second kappa shape index (κ2) is 10.8. The molecule has 2 amide bonds. The van der Waals surface area contributed by atoms with Gasteiger partial charge in [0.15, 0.2) is 0 Å². The summed E-state index contributed by atoms with van der Waals surface area (Å²) in [6, 6.07) is 9.25. The minimum atomic E-state index is -0.722. The van der Waals surface area contributed by atoms with Crippen molar-refractivity contribution in [2.75, 3.05) is 20.3 Å². The van der Waals surface area contributed by atoms with Gasteiger partial charge in [-0.1, -0.05) is 51.1 Å². The molecule has 0 saturated heterocycles. The van der Waals surface area contributed by atoms with Crippen LogP contribution in [0.15, 0.2) is 30.3 Å². The van der Waals surface area contributed by atoms with Crippen molar-refractivity contribution in [3.8, 4) is 0 Å². The van der Waals surface area contributed by atoms with Crippen LogP contribution >= 0.6 is 0 Å². The third-order valence-electron chi connectivity index (χ3n) is 3.95. The Kier molecular flexibility index (Phi) is 9.09. The molecule has 26 heavy (non-hydrogen) atoms. The highest BCUT2D eigenvalue weighted by Gasteiger charge is 2.32. The molecule has 0 saturated carbocycles. The Bertz CT molecular complexity index is 558.